The number of hydrogen-bond donors (Lipinski definition) is 0. The van der Waals surface area contributed by atoms with E-state index in [1.165, 1.54) is 6.92 Å². The topological polar surface area (TPSA) is 124 Å². The largest absolute Gasteiger partial charge is 0.463 e. The number of carbonyl (C=O) groups excluding carboxylic acids is 4. The van der Waals surface area contributed by atoms with E-state index in [4.69, 9.17) is 28.4 Å². The van der Waals surface area contributed by atoms with Gasteiger partial charge in [0.25, 0.3) is 0 Å². The molecule has 31 heavy (non-hydrogen) atoms. The predicted octanol–water partition coefficient (Wildman–Crippen LogP) is 1.91. The highest BCUT2D eigenvalue weighted by Crippen LogP contribution is 2.33. The van der Waals surface area contributed by atoms with Crippen LogP contribution < -0.4 is 4.74 Å². The molecule has 1 aliphatic heterocycles. The van der Waals surface area contributed by atoms with Gasteiger partial charge in [-0.05, 0) is 28.1 Å². The molecule has 0 N–H and O–H groups in total. The van der Waals surface area contributed by atoms with E-state index in [0.717, 1.165) is 20.8 Å². The van der Waals surface area contributed by atoms with Gasteiger partial charge >= 0.3 is 23.9 Å². The second-order valence-corrected chi connectivity index (χ2v) is 7.47. The molecule has 1 aliphatic rings. The molecule has 10 nitrogen and oxygen atoms in total. The van der Waals surface area contributed by atoms with Crippen LogP contribution in [0.5, 0.6) is 5.75 Å². The van der Waals surface area contributed by atoms with E-state index < -0.39 is 54.6 Å². The minimum Gasteiger partial charge on any atom is -0.463 e. The van der Waals surface area contributed by atoms with Gasteiger partial charge in [-0.1, -0.05) is 12.1 Å². The Morgan fingerprint density at radius 2 is 1.39 bits per heavy atom. The smallest absolute Gasteiger partial charge is 0.303 e. The first-order valence-corrected chi connectivity index (χ1v) is 10.1. The van der Waals surface area contributed by atoms with Crippen LogP contribution >= 0.6 is 15.9 Å². The third-order valence-electron chi connectivity index (χ3n) is 4.03. The van der Waals surface area contributed by atoms with Crippen LogP contribution in [0.3, 0.4) is 0 Å². The van der Waals surface area contributed by atoms with E-state index >= 15 is 0 Å². The molecule has 1 aromatic rings. The number of hydrogen-bond acceptors (Lipinski definition) is 10. The van der Waals surface area contributed by atoms with E-state index in [1.807, 2.05) is 0 Å². The lowest BCUT2D eigenvalue weighted by Gasteiger charge is -2.44. The Morgan fingerprint density at radius 1 is 0.839 bits per heavy atom. The van der Waals surface area contributed by atoms with Gasteiger partial charge in [0.05, 0.1) is 4.47 Å². The van der Waals surface area contributed by atoms with Gasteiger partial charge in [-0.2, -0.15) is 0 Å². The fourth-order valence-electron chi connectivity index (χ4n) is 2.95. The van der Waals surface area contributed by atoms with Crippen molar-refractivity contribution in [1.82, 2.24) is 0 Å². The number of esters is 4. The maximum Gasteiger partial charge on any atom is 0.303 e. The van der Waals surface area contributed by atoms with Gasteiger partial charge in [-0.25, -0.2) is 0 Å². The quantitative estimate of drug-likeness (QED) is 0.403. The van der Waals surface area contributed by atoms with E-state index in [-0.39, 0.29) is 6.61 Å². The third kappa shape index (κ3) is 7.21. The zero-order valence-electron chi connectivity index (χ0n) is 17.4. The fraction of sp³-hybridized carbons (Fsp3) is 0.500. The molecule has 0 amide bonds. The monoisotopic (exact) mass is 502 g/mol. The second-order valence-electron chi connectivity index (χ2n) is 6.62. The molecule has 0 aliphatic carbocycles. The standard InChI is InChI=1S/C20H23BrO10/c1-10(22)26-9-16-17(27-11(2)23)18(28-12(3)24)19(29-13(4)25)20(31-16)30-15-8-6-5-7-14(15)21/h5-8,16-20H,9H2,1-4H3/t16?,17-,18?,19?,20+/m0/s1. The van der Waals surface area contributed by atoms with Crippen LogP contribution in [0, 0.1) is 0 Å². The molecule has 0 spiro atoms. The summed E-state index contributed by atoms with van der Waals surface area (Å²) in [5, 5.41) is 0. The normalized spacial score (nSPS) is 25.1. The highest BCUT2D eigenvalue weighted by Gasteiger charge is 2.53. The van der Waals surface area contributed by atoms with Gasteiger partial charge in [0.15, 0.2) is 12.2 Å². The Kier molecular flexibility index (Phi) is 8.81. The lowest BCUT2D eigenvalue weighted by atomic mass is 9.98. The van der Waals surface area contributed by atoms with Gasteiger partial charge in [-0.15, -0.1) is 0 Å². The molecule has 170 valence electrons. The van der Waals surface area contributed by atoms with Crippen molar-refractivity contribution in [3.8, 4) is 5.75 Å². The zero-order valence-corrected chi connectivity index (χ0v) is 18.9. The van der Waals surface area contributed by atoms with Crippen molar-refractivity contribution >= 4 is 39.8 Å². The number of benzene rings is 1. The molecular weight excluding hydrogens is 480 g/mol. The van der Waals surface area contributed by atoms with Crippen molar-refractivity contribution in [2.24, 2.45) is 0 Å². The molecular formula is C20H23BrO10. The summed E-state index contributed by atoms with van der Waals surface area (Å²) < 4.78 is 33.3. The Morgan fingerprint density at radius 3 is 1.94 bits per heavy atom. The summed E-state index contributed by atoms with van der Waals surface area (Å²) in [6.07, 6.45) is -6.15. The van der Waals surface area contributed by atoms with Gasteiger partial charge in [0.1, 0.15) is 18.5 Å². The number of halogens is 1. The Bertz CT molecular complexity index is 826. The predicted molar refractivity (Wildman–Crippen MR) is 107 cm³/mol. The lowest BCUT2D eigenvalue weighted by Crippen LogP contribution is -2.63. The van der Waals surface area contributed by atoms with Crippen molar-refractivity contribution < 1.29 is 47.6 Å². The molecule has 5 atom stereocenters. The number of carbonyl (C=O) groups is 4. The third-order valence-corrected chi connectivity index (χ3v) is 4.68. The molecule has 0 radical (unpaired) electrons. The average molecular weight is 503 g/mol. The van der Waals surface area contributed by atoms with Gasteiger partial charge in [-0.3, -0.25) is 19.2 Å². The fourth-order valence-corrected chi connectivity index (χ4v) is 3.33. The molecule has 3 unspecified atom stereocenters. The highest BCUT2D eigenvalue weighted by molar-refractivity contribution is 9.10. The van der Waals surface area contributed by atoms with Gasteiger partial charge in [0, 0.05) is 27.7 Å². The molecule has 2 rings (SSSR count). The Hall–Kier alpha value is -2.66. The van der Waals surface area contributed by atoms with E-state index in [0.29, 0.717) is 10.2 Å². The summed E-state index contributed by atoms with van der Waals surface area (Å²) >= 11 is 3.35. The first kappa shape index (κ1) is 24.6. The van der Waals surface area contributed by atoms with Crippen LogP contribution in [0.15, 0.2) is 28.7 Å². The average Bonchev–Trinajstić information content (AvgIpc) is 2.65. The van der Waals surface area contributed by atoms with Crippen molar-refractivity contribution in [2.45, 2.75) is 58.4 Å². The Labute approximate surface area is 187 Å². The van der Waals surface area contributed by atoms with Crippen molar-refractivity contribution in [1.29, 1.82) is 0 Å². The maximum atomic E-state index is 11.8. The number of ether oxygens (including phenoxy) is 6. The van der Waals surface area contributed by atoms with Crippen LogP contribution in [-0.2, 0) is 42.9 Å². The van der Waals surface area contributed by atoms with Gasteiger partial charge < -0.3 is 28.4 Å². The summed E-state index contributed by atoms with van der Waals surface area (Å²) in [6.45, 7) is 4.33. The highest BCUT2D eigenvalue weighted by atomic mass is 79.9. The van der Waals surface area contributed by atoms with Crippen LogP contribution in [0.25, 0.3) is 0 Å². The summed E-state index contributed by atoms with van der Waals surface area (Å²) in [7, 11) is 0. The summed E-state index contributed by atoms with van der Waals surface area (Å²) in [4.78, 5) is 46.6. The first-order valence-electron chi connectivity index (χ1n) is 9.30. The SMILES string of the molecule is CC(=O)OCC1O[C@@H](Oc2ccccc2Br)C(OC(C)=O)C(OC(C)=O)[C@H]1OC(C)=O. The molecule has 0 bridgehead atoms. The van der Waals surface area contributed by atoms with Gasteiger partial charge in [0.2, 0.25) is 12.4 Å². The molecule has 0 aromatic heterocycles. The zero-order chi connectivity index (χ0) is 23.1. The Balaban J connectivity index is 2.46. The minimum absolute atomic E-state index is 0.326. The molecule has 1 saturated heterocycles. The number of rotatable bonds is 7. The van der Waals surface area contributed by atoms with Crippen LogP contribution in [0.4, 0.5) is 0 Å². The molecule has 11 heteroatoms. The van der Waals surface area contributed by atoms with Crippen molar-refractivity contribution in [2.75, 3.05) is 6.61 Å². The lowest BCUT2D eigenvalue weighted by molar-refractivity contribution is -0.288. The van der Waals surface area contributed by atoms with E-state index in [9.17, 15) is 19.2 Å². The molecule has 0 saturated carbocycles. The van der Waals surface area contributed by atoms with E-state index in [1.54, 1.807) is 24.3 Å². The van der Waals surface area contributed by atoms with Crippen molar-refractivity contribution in [3.63, 3.8) is 0 Å². The van der Waals surface area contributed by atoms with Crippen LogP contribution in [0.1, 0.15) is 27.7 Å². The van der Waals surface area contributed by atoms with Crippen LogP contribution in [-0.4, -0.2) is 61.2 Å². The first-order chi connectivity index (χ1) is 14.6. The molecule has 1 heterocycles. The summed E-state index contributed by atoms with van der Waals surface area (Å²) in [6, 6.07) is 6.84. The van der Waals surface area contributed by atoms with E-state index in [2.05, 4.69) is 15.9 Å². The summed E-state index contributed by atoms with van der Waals surface area (Å²) in [5.41, 5.74) is 0. The van der Waals surface area contributed by atoms with Crippen molar-refractivity contribution in [3.05, 3.63) is 28.7 Å². The minimum atomic E-state index is -1.29. The maximum absolute atomic E-state index is 11.8. The molecule has 1 fully saturated rings. The second kappa shape index (κ2) is 11.1. The van der Waals surface area contributed by atoms with Crippen LogP contribution in [0.2, 0.25) is 0 Å². The molecule has 1 aromatic carbocycles. The summed E-state index contributed by atoms with van der Waals surface area (Å²) in [5.74, 6) is -2.37. The number of para-hydroxylation sites is 1.